The predicted molar refractivity (Wildman–Crippen MR) is 32.6 cm³/mol. The maximum absolute atomic E-state index is 6.38. The molecule has 0 aliphatic heterocycles. The van der Waals surface area contributed by atoms with Crippen LogP contribution in [0.25, 0.3) is 4.85 Å². The fraction of sp³-hybridized carbons (Fsp3) is 0.833. The first kappa shape index (κ1) is 7.45. The van der Waals surface area contributed by atoms with Crippen molar-refractivity contribution in [1.82, 2.24) is 0 Å². The minimum Gasteiger partial charge on any atom is -0.374 e. The van der Waals surface area contributed by atoms with Crippen LogP contribution in [0.4, 0.5) is 0 Å². The molecule has 0 spiro atoms. The zero-order valence-corrected chi connectivity index (χ0v) is 5.18. The average Bonchev–Trinajstić information content (AvgIpc) is 1.81. The van der Waals surface area contributed by atoms with Gasteiger partial charge in [-0.05, 0) is 6.42 Å². The van der Waals surface area contributed by atoms with Crippen LogP contribution in [0, 0.1) is 6.57 Å². The van der Waals surface area contributed by atoms with Crippen LogP contribution in [0.3, 0.4) is 0 Å². The Morgan fingerprint density at radius 1 is 1.50 bits per heavy atom. The third-order valence-electron chi connectivity index (χ3n) is 0.696. The lowest BCUT2D eigenvalue weighted by Gasteiger charge is -1.92. The molecule has 2 heteroatoms. The number of hydrogen-bond donors (Lipinski definition) is 0. The lowest BCUT2D eigenvalue weighted by atomic mass is 10.5. The van der Waals surface area contributed by atoms with Gasteiger partial charge in [-0.1, -0.05) is 6.92 Å². The molecule has 0 fully saturated rings. The van der Waals surface area contributed by atoms with Crippen molar-refractivity contribution in [1.29, 1.82) is 0 Å². The monoisotopic (exact) mass is 113 g/mol. The maximum Gasteiger partial charge on any atom is 0.237 e. The van der Waals surface area contributed by atoms with E-state index in [2.05, 4.69) is 11.8 Å². The van der Waals surface area contributed by atoms with Crippen LogP contribution in [0.15, 0.2) is 0 Å². The van der Waals surface area contributed by atoms with Gasteiger partial charge >= 0.3 is 0 Å². The molecule has 0 unspecified atom stereocenters. The van der Waals surface area contributed by atoms with E-state index in [0.29, 0.717) is 13.2 Å². The van der Waals surface area contributed by atoms with Crippen molar-refractivity contribution < 1.29 is 4.74 Å². The van der Waals surface area contributed by atoms with Crippen molar-refractivity contribution >= 4 is 0 Å². The third kappa shape index (κ3) is 5.45. The summed E-state index contributed by atoms with van der Waals surface area (Å²) in [7, 11) is 0. The normalized spacial score (nSPS) is 8.50. The Labute approximate surface area is 50.3 Å². The van der Waals surface area contributed by atoms with Crippen LogP contribution in [0.2, 0.25) is 0 Å². The van der Waals surface area contributed by atoms with Gasteiger partial charge in [0.1, 0.15) is 6.61 Å². The summed E-state index contributed by atoms with van der Waals surface area (Å²) in [6.07, 6.45) is 1.04. The molecule has 0 saturated heterocycles. The highest BCUT2D eigenvalue weighted by atomic mass is 16.5. The van der Waals surface area contributed by atoms with Crippen LogP contribution in [0.1, 0.15) is 13.3 Å². The average molecular weight is 113 g/mol. The molecule has 0 amide bonds. The Balaban J connectivity index is 2.65. The Bertz CT molecular complexity index is 75.1. The lowest BCUT2D eigenvalue weighted by molar-refractivity contribution is 0.146. The molecule has 0 radical (unpaired) electrons. The van der Waals surface area contributed by atoms with Crippen LogP contribution < -0.4 is 0 Å². The quantitative estimate of drug-likeness (QED) is 0.396. The highest BCUT2D eigenvalue weighted by molar-refractivity contribution is 4.55. The summed E-state index contributed by atoms with van der Waals surface area (Å²) in [6.45, 7) is 10.3. The van der Waals surface area contributed by atoms with E-state index in [9.17, 15) is 0 Å². The fourth-order valence-electron chi connectivity index (χ4n) is 0.357. The summed E-state index contributed by atoms with van der Waals surface area (Å²) in [6, 6.07) is 0. The van der Waals surface area contributed by atoms with Crippen LogP contribution in [0.5, 0.6) is 0 Å². The topological polar surface area (TPSA) is 13.6 Å². The summed E-state index contributed by atoms with van der Waals surface area (Å²) >= 11 is 0. The number of hydrogen-bond acceptors (Lipinski definition) is 1. The van der Waals surface area contributed by atoms with Gasteiger partial charge in [0, 0.05) is 6.61 Å². The molecular formula is C6H11NO. The molecule has 2 nitrogen and oxygen atoms in total. The molecule has 0 aliphatic carbocycles. The largest absolute Gasteiger partial charge is 0.374 e. The summed E-state index contributed by atoms with van der Waals surface area (Å²) in [4.78, 5) is 3.13. The number of rotatable bonds is 4. The summed E-state index contributed by atoms with van der Waals surface area (Å²) < 4.78 is 5.01. The Morgan fingerprint density at radius 2 is 2.25 bits per heavy atom. The predicted octanol–water partition coefficient (Wildman–Crippen LogP) is 1.33. The molecule has 0 heterocycles. The van der Waals surface area contributed by atoms with Crippen molar-refractivity contribution in [3.63, 3.8) is 0 Å². The Hall–Kier alpha value is -0.550. The number of ether oxygens (including phenoxy) is 1. The highest BCUT2D eigenvalue weighted by Gasteiger charge is 1.84. The van der Waals surface area contributed by atoms with Crippen molar-refractivity contribution in [3.05, 3.63) is 11.4 Å². The van der Waals surface area contributed by atoms with Gasteiger partial charge in [0.25, 0.3) is 0 Å². The lowest BCUT2D eigenvalue weighted by Crippen LogP contribution is -1.96. The molecular weight excluding hydrogens is 102 g/mol. The zero-order valence-electron chi connectivity index (χ0n) is 5.18. The van der Waals surface area contributed by atoms with Crippen LogP contribution >= 0.6 is 0 Å². The summed E-state index contributed by atoms with van der Waals surface area (Å²) in [5.74, 6) is 0. The summed E-state index contributed by atoms with van der Waals surface area (Å²) in [5, 5.41) is 0. The van der Waals surface area contributed by atoms with Gasteiger partial charge in [-0.3, -0.25) is 0 Å². The molecule has 0 atom stereocenters. The van der Waals surface area contributed by atoms with Gasteiger partial charge in [0.15, 0.2) is 0 Å². The second-order valence-electron chi connectivity index (χ2n) is 1.49. The van der Waals surface area contributed by atoms with Gasteiger partial charge in [0.05, 0.1) is 0 Å². The maximum atomic E-state index is 6.38. The van der Waals surface area contributed by atoms with E-state index in [0.717, 1.165) is 13.0 Å². The van der Waals surface area contributed by atoms with E-state index in [-0.39, 0.29) is 0 Å². The van der Waals surface area contributed by atoms with Crippen molar-refractivity contribution in [2.45, 2.75) is 13.3 Å². The SMILES string of the molecule is [C-]#[N+]CCOCCC. The molecule has 46 valence electrons. The van der Waals surface area contributed by atoms with Gasteiger partial charge < -0.3 is 9.58 Å². The van der Waals surface area contributed by atoms with Gasteiger partial charge in [0.2, 0.25) is 6.54 Å². The van der Waals surface area contributed by atoms with E-state index < -0.39 is 0 Å². The fourth-order valence-corrected chi connectivity index (χ4v) is 0.357. The molecule has 0 aromatic rings. The number of nitrogens with zero attached hydrogens (tertiary/aromatic N) is 1. The second kappa shape index (κ2) is 6.45. The van der Waals surface area contributed by atoms with Crippen molar-refractivity contribution in [2.24, 2.45) is 0 Å². The van der Waals surface area contributed by atoms with E-state index in [1.54, 1.807) is 0 Å². The van der Waals surface area contributed by atoms with Gasteiger partial charge in [-0.15, -0.1) is 0 Å². The van der Waals surface area contributed by atoms with Crippen LogP contribution in [-0.2, 0) is 4.74 Å². The van der Waals surface area contributed by atoms with E-state index in [1.165, 1.54) is 0 Å². The smallest absolute Gasteiger partial charge is 0.237 e. The minimum atomic E-state index is 0.500. The van der Waals surface area contributed by atoms with Gasteiger partial charge in [-0.25, -0.2) is 6.57 Å². The molecule has 8 heavy (non-hydrogen) atoms. The third-order valence-corrected chi connectivity index (χ3v) is 0.696. The minimum absolute atomic E-state index is 0.500. The first-order valence-corrected chi connectivity index (χ1v) is 2.82. The standard InChI is InChI=1S/C6H11NO/c1-3-5-8-6-4-7-2/h3-6H2,1H3. The van der Waals surface area contributed by atoms with E-state index in [1.807, 2.05) is 0 Å². The highest BCUT2D eigenvalue weighted by Crippen LogP contribution is 1.79. The molecule has 0 aromatic carbocycles. The van der Waals surface area contributed by atoms with Crippen molar-refractivity contribution in [2.75, 3.05) is 19.8 Å². The molecule has 0 aliphatic rings. The Morgan fingerprint density at radius 3 is 2.75 bits per heavy atom. The van der Waals surface area contributed by atoms with Crippen LogP contribution in [-0.4, -0.2) is 19.8 Å². The van der Waals surface area contributed by atoms with Crippen molar-refractivity contribution in [3.8, 4) is 0 Å². The Kier molecular flexibility index (Phi) is 6.01. The second-order valence-corrected chi connectivity index (χ2v) is 1.49. The molecule has 0 saturated carbocycles. The molecule has 0 rings (SSSR count). The molecule has 0 aromatic heterocycles. The first-order chi connectivity index (χ1) is 3.91. The first-order valence-electron chi connectivity index (χ1n) is 2.82. The van der Waals surface area contributed by atoms with E-state index >= 15 is 0 Å². The summed E-state index contributed by atoms with van der Waals surface area (Å²) in [5.41, 5.74) is 0. The van der Waals surface area contributed by atoms with E-state index in [4.69, 9.17) is 11.3 Å². The zero-order chi connectivity index (χ0) is 6.24. The molecule has 0 N–H and O–H groups in total. The molecule has 0 bridgehead atoms. The van der Waals surface area contributed by atoms with Gasteiger partial charge in [-0.2, -0.15) is 0 Å².